The molecule has 0 fully saturated rings. The van der Waals surface area contributed by atoms with Gasteiger partial charge in [0.2, 0.25) is 0 Å². The average Bonchev–Trinajstić information content (AvgIpc) is 2.85. The van der Waals surface area contributed by atoms with Crippen LogP contribution in [0.4, 0.5) is 4.39 Å². The Morgan fingerprint density at radius 2 is 1.95 bits per heavy atom. The van der Waals surface area contributed by atoms with E-state index < -0.39 is 6.10 Å². The molecule has 0 heterocycles. The van der Waals surface area contributed by atoms with Crippen LogP contribution >= 0.6 is 11.8 Å². The molecule has 0 bridgehead atoms. The molecule has 0 unspecified atom stereocenters. The first-order chi connectivity index (χ1) is 9.65. The fourth-order valence-corrected chi connectivity index (χ4v) is 3.87. The molecular weight excluding hydrogens is 271 g/mol. The quantitative estimate of drug-likeness (QED) is 0.896. The lowest BCUT2D eigenvalue weighted by Crippen LogP contribution is -1.98. The molecule has 104 valence electrons. The van der Waals surface area contributed by atoms with Gasteiger partial charge in [-0.2, -0.15) is 0 Å². The van der Waals surface area contributed by atoms with Crippen molar-refractivity contribution < 1.29 is 9.50 Å². The second-order valence-electron chi connectivity index (χ2n) is 5.21. The largest absolute Gasteiger partial charge is 0.389 e. The Hall–Kier alpha value is -1.32. The summed E-state index contributed by atoms with van der Waals surface area (Å²) >= 11 is 1.52. The van der Waals surface area contributed by atoms with Crippen molar-refractivity contribution in [3.8, 4) is 0 Å². The van der Waals surface area contributed by atoms with Gasteiger partial charge in [0.15, 0.2) is 0 Å². The maximum absolute atomic E-state index is 13.8. The Morgan fingerprint density at radius 1 is 1.15 bits per heavy atom. The molecule has 0 spiro atoms. The van der Waals surface area contributed by atoms with Gasteiger partial charge in [0.25, 0.3) is 0 Å². The second-order valence-corrected chi connectivity index (χ2v) is 6.33. The summed E-state index contributed by atoms with van der Waals surface area (Å²) in [6.07, 6.45) is 2.73. The minimum absolute atomic E-state index is 0.342. The van der Waals surface area contributed by atoms with Gasteiger partial charge in [-0.05, 0) is 61.6 Å². The fraction of sp³-hybridized carbons (Fsp3) is 0.294. The third kappa shape index (κ3) is 2.60. The van der Waals surface area contributed by atoms with Gasteiger partial charge in [0.05, 0.1) is 6.10 Å². The Kier molecular flexibility index (Phi) is 3.81. The van der Waals surface area contributed by atoms with Crippen LogP contribution in [0, 0.1) is 5.82 Å². The monoisotopic (exact) mass is 288 g/mol. The SMILES string of the molecule is C[C@@H](O)c1c(F)cccc1Sc1ccc2c(c1)CCC2. The van der Waals surface area contributed by atoms with E-state index in [0.29, 0.717) is 5.56 Å². The van der Waals surface area contributed by atoms with Gasteiger partial charge in [-0.1, -0.05) is 23.9 Å². The van der Waals surface area contributed by atoms with Gasteiger partial charge >= 0.3 is 0 Å². The van der Waals surface area contributed by atoms with Crippen molar-refractivity contribution in [3.05, 3.63) is 58.9 Å². The predicted molar refractivity (Wildman–Crippen MR) is 79.6 cm³/mol. The van der Waals surface area contributed by atoms with Crippen LogP contribution in [0.25, 0.3) is 0 Å². The van der Waals surface area contributed by atoms with Crippen LogP contribution in [0.15, 0.2) is 46.2 Å². The van der Waals surface area contributed by atoms with E-state index in [4.69, 9.17) is 0 Å². The molecule has 0 aromatic heterocycles. The van der Waals surface area contributed by atoms with Gasteiger partial charge in [-0.3, -0.25) is 0 Å². The lowest BCUT2D eigenvalue weighted by atomic mass is 10.1. The Balaban J connectivity index is 1.93. The van der Waals surface area contributed by atoms with Crippen molar-refractivity contribution in [2.75, 3.05) is 0 Å². The summed E-state index contributed by atoms with van der Waals surface area (Å²) in [5.41, 5.74) is 3.23. The van der Waals surface area contributed by atoms with Crippen molar-refractivity contribution >= 4 is 11.8 Å². The number of aliphatic hydroxyl groups excluding tert-OH is 1. The average molecular weight is 288 g/mol. The molecule has 0 aliphatic heterocycles. The van der Waals surface area contributed by atoms with Gasteiger partial charge in [-0.15, -0.1) is 0 Å². The highest BCUT2D eigenvalue weighted by Gasteiger charge is 2.16. The number of rotatable bonds is 3. The second kappa shape index (κ2) is 5.58. The van der Waals surface area contributed by atoms with Crippen LogP contribution in [0.3, 0.4) is 0 Å². The number of aliphatic hydroxyl groups is 1. The number of hydrogen-bond donors (Lipinski definition) is 1. The van der Waals surface area contributed by atoms with E-state index in [0.717, 1.165) is 16.2 Å². The number of fused-ring (bicyclic) bond motifs is 1. The van der Waals surface area contributed by atoms with Crippen molar-refractivity contribution in [2.45, 2.75) is 42.1 Å². The Labute approximate surface area is 122 Å². The lowest BCUT2D eigenvalue weighted by Gasteiger charge is -2.13. The number of benzene rings is 2. The Morgan fingerprint density at radius 3 is 2.75 bits per heavy atom. The normalized spacial score (nSPS) is 15.2. The summed E-state index contributed by atoms with van der Waals surface area (Å²) in [5.74, 6) is -0.342. The minimum Gasteiger partial charge on any atom is -0.389 e. The molecule has 0 saturated heterocycles. The molecule has 0 amide bonds. The molecule has 3 rings (SSSR count). The van der Waals surface area contributed by atoms with Crippen LogP contribution in [0.5, 0.6) is 0 Å². The molecular formula is C17H17FOS. The van der Waals surface area contributed by atoms with E-state index in [2.05, 4.69) is 18.2 Å². The third-order valence-electron chi connectivity index (χ3n) is 3.73. The van der Waals surface area contributed by atoms with Gasteiger partial charge in [-0.25, -0.2) is 4.39 Å². The molecule has 20 heavy (non-hydrogen) atoms. The van der Waals surface area contributed by atoms with Crippen molar-refractivity contribution in [1.82, 2.24) is 0 Å². The van der Waals surface area contributed by atoms with E-state index in [1.165, 1.54) is 41.8 Å². The van der Waals surface area contributed by atoms with Crippen LogP contribution < -0.4 is 0 Å². The Bertz CT molecular complexity index is 637. The molecule has 2 aromatic rings. The molecule has 1 N–H and O–H groups in total. The fourth-order valence-electron chi connectivity index (χ4n) is 2.75. The molecule has 1 aliphatic carbocycles. The van der Waals surface area contributed by atoms with Crippen molar-refractivity contribution in [2.24, 2.45) is 0 Å². The van der Waals surface area contributed by atoms with Gasteiger partial charge in [0.1, 0.15) is 5.82 Å². The molecule has 1 aliphatic rings. The van der Waals surface area contributed by atoms with E-state index in [-0.39, 0.29) is 5.82 Å². The number of aryl methyl sites for hydroxylation is 2. The molecule has 3 heteroatoms. The standard InChI is InChI=1S/C17H17FOS/c1-11(19)17-15(18)6-3-7-16(17)20-14-9-8-12-4-2-5-13(12)10-14/h3,6-11,19H,2,4-5H2,1H3/t11-/m1/s1. The van der Waals surface area contributed by atoms with E-state index in [1.54, 1.807) is 13.0 Å². The zero-order valence-electron chi connectivity index (χ0n) is 11.4. The first kappa shape index (κ1) is 13.7. The van der Waals surface area contributed by atoms with Gasteiger partial charge in [0, 0.05) is 15.4 Å². The minimum atomic E-state index is -0.798. The summed E-state index contributed by atoms with van der Waals surface area (Å²) < 4.78 is 13.8. The lowest BCUT2D eigenvalue weighted by molar-refractivity contribution is 0.191. The maximum Gasteiger partial charge on any atom is 0.130 e. The molecule has 0 saturated carbocycles. The van der Waals surface area contributed by atoms with Crippen LogP contribution in [0.1, 0.15) is 36.1 Å². The zero-order chi connectivity index (χ0) is 14.1. The molecule has 1 nitrogen and oxygen atoms in total. The van der Waals surface area contributed by atoms with E-state index in [1.807, 2.05) is 6.07 Å². The first-order valence-electron chi connectivity index (χ1n) is 6.91. The third-order valence-corrected chi connectivity index (χ3v) is 4.79. The first-order valence-corrected chi connectivity index (χ1v) is 7.73. The zero-order valence-corrected chi connectivity index (χ0v) is 12.2. The van der Waals surface area contributed by atoms with Gasteiger partial charge < -0.3 is 5.11 Å². The van der Waals surface area contributed by atoms with Crippen LogP contribution in [-0.2, 0) is 12.8 Å². The highest BCUT2D eigenvalue weighted by Crippen LogP contribution is 2.36. The molecule has 2 aromatic carbocycles. The topological polar surface area (TPSA) is 20.2 Å². The number of halogens is 1. The summed E-state index contributed by atoms with van der Waals surface area (Å²) in [6, 6.07) is 11.4. The number of hydrogen-bond acceptors (Lipinski definition) is 2. The summed E-state index contributed by atoms with van der Waals surface area (Å²) in [7, 11) is 0. The van der Waals surface area contributed by atoms with E-state index >= 15 is 0 Å². The molecule has 0 radical (unpaired) electrons. The van der Waals surface area contributed by atoms with Crippen LogP contribution in [-0.4, -0.2) is 5.11 Å². The highest BCUT2D eigenvalue weighted by atomic mass is 32.2. The van der Waals surface area contributed by atoms with Crippen molar-refractivity contribution in [3.63, 3.8) is 0 Å². The van der Waals surface area contributed by atoms with Crippen LogP contribution in [0.2, 0.25) is 0 Å². The summed E-state index contributed by atoms with van der Waals surface area (Å²) in [5, 5.41) is 9.76. The predicted octanol–water partition coefficient (Wildman–Crippen LogP) is 4.52. The summed E-state index contributed by atoms with van der Waals surface area (Å²) in [4.78, 5) is 1.90. The maximum atomic E-state index is 13.8. The highest BCUT2D eigenvalue weighted by molar-refractivity contribution is 7.99. The smallest absolute Gasteiger partial charge is 0.130 e. The van der Waals surface area contributed by atoms with E-state index in [9.17, 15) is 9.50 Å². The summed E-state index contributed by atoms with van der Waals surface area (Å²) in [6.45, 7) is 1.60. The molecule has 1 atom stereocenters. The van der Waals surface area contributed by atoms with Crippen molar-refractivity contribution in [1.29, 1.82) is 0 Å².